The molecule has 2 atom stereocenters. The van der Waals surface area contributed by atoms with Gasteiger partial charge in [0.15, 0.2) is 0 Å². The summed E-state index contributed by atoms with van der Waals surface area (Å²) >= 11 is 0. The van der Waals surface area contributed by atoms with E-state index >= 15 is 0 Å². The van der Waals surface area contributed by atoms with Crippen molar-refractivity contribution in [3.05, 3.63) is 35.1 Å². The van der Waals surface area contributed by atoms with Gasteiger partial charge in [-0.1, -0.05) is 12.1 Å². The molecule has 2 rings (SSSR count). The van der Waals surface area contributed by atoms with Gasteiger partial charge in [0.2, 0.25) is 0 Å². The molecule has 1 fully saturated rings. The van der Waals surface area contributed by atoms with Gasteiger partial charge in [-0.15, -0.1) is 0 Å². The van der Waals surface area contributed by atoms with Crippen LogP contribution in [0.1, 0.15) is 11.1 Å². The van der Waals surface area contributed by atoms with E-state index in [0.717, 1.165) is 5.56 Å². The number of hydrogen-bond acceptors (Lipinski definition) is 3. The van der Waals surface area contributed by atoms with E-state index in [1.165, 1.54) is 6.07 Å². The van der Waals surface area contributed by atoms with Crippen LogP contribution < -0.4 is 5.32 Å². The average Bonchev–Trinajstić information content (AvgIpc) is 2.66. The molecule has 0 amide bonds. The van der Waals surface area contributed by atoms with E-state index in [4.69, 9.17) is 4.74 Å². The second kappa shape index (κ2) is 4.91. The van der Waals surface area contributed by atoms with Crippen LogP contribution in [0, 0.1) is 12.7 Å². The van der Waals surface area contributed by atoms with Gasteiger partial charge in [0.1, 0.15) is 5.82 Å². The predicted molar refractivity (Wildman–Crippen MR) is 58.6 cm³/mol. The van der Waals surface area contributed by atoms with Crippen molar-refractivity contribution in [3.8, 4) is 0 Å². The van der Waals surface area contributed by atoms with Gasteiger partial charge in [0, 0.05) is 6.54 Å². The van der Waals surface area contributed by atoms with Crippen LogP contribution in [0.5, 0.6) is 0 Å². The molecule has 1 aliphatic heterocycles. The lowest BCUT2D eigenvalue weighted by molar-refractivity contribution is 0.122. The molecule has 2 unspecified atom stereocenters. The lowest BCUT2D eigenvalue weighted by atomic mass is 10.1. The first kappa shape index (κ1) is 11.5. The number of rotatable bonds is 3. The number of hydrogen-bond donors (Lipinski definition) is 2. The van der Waals surface area contributed by atoms with Crippen LogP contribution in [-0.4, -0.2) is 30.5 Å². The predicted octanol–water partition coefficient (Wildman–Crippen LogP) is 0.983. The molecule has 2 N–H and O–H groups in total. The summed E-state index contributed by atoms with van der Waals surface area (Å²) in [4.78, 5) is 0. The summed E-state index contributed by atoms with van der Waals surface area (Å²) < 4.78 is 18.4. The molecule has 1 aliphatic rings. The Balaban J connectivity index is 1.91. The average molecular weight is 225 g/mol. The third kappa shape index (κ3) is 2.58. The first-order chi connectivity index (χ1) is 7.66. The second-order valence-electron chi connectivity index (χ2n) is 4.18. The van der Waals surface area contributed by atoms with Crippen molar-refractivity contribution in [1.29, 1.82) is 0 Å². The zero-order valence-corrected chi connectivity index (χ0v) is 9.24. The Bertz CT molecular complexity index is 370. The van der Waals surface area contributed by atoms with E-state index in [0.29, 0.717) is 25.3 Å². The van der Waals surface area contributed by atoms with Gasteiger partial charge in [0.25, 0.3) is 0 Å². The van der Waals surface area contributed by atoms with Gasteiger partial charge in [-0.3, -0.25) is 0 Å². The van der Waals surface area contributed by atoms with Crippen molar-refractivity contribution in [2.45, 2.75) is 25.6 Å². The topological polar surface area (TPSA) is 41.5 Å². The maximum atomic E-state index is 13.3. The fourth-order valence-electron chi connectivity index (χ4n) is 1.73. The molecule has 1 aromatic rings. The molecule has 1 saturated heterocycles. The highest BCUT2D eigenvalue weighted by Gasteiger charge is 2.25. The Hall–Kier alpha value is -0.970. The molecule has 0 spiro atoms. The van der Waals surface area contributed by atoms with Crippen molar-refractivity contribution in [2.75, 3.05) is 13.2 Å². The lowest BCUT2D eigenvalue weighted by Crippen LogP contribution is -2.38. The smallest absolute Gasteiger partial charge is 0.126 e. The van der Waals surface area contributed by atoms with Crippen molar-refractivity contribution in [2.24, 2.45) is 0 Å². The Morgan fingerprint density at radius 2 is 2.31 bits per heavy atom. The SMILES string of the molecule is Cc1ccc(CNC2COCC2O)cc1F. The molecule has 0 aromatic heterocycles. The minimum absolute atomic E-state index is 0.0515. The summed E-state index contributed by atoms with van der Waals surface area (Å²) in [5.74, 6) is -0.192. The van der Waals surface area contributed by atoms with E-state index in [1.807, 2.05) is 6.07 Å². The molecular weight excluding hydrogens is 209 g/mol. The minimum Gasteiger partial charge on any atom is -0.389 e. The Labute approximate surface area is 94.2 Å². The van der Waals surface area contributed by atoms with Gasteiger partial charge < -0.3 is 15.2 Å². The molecule has 1 aromatic carbocycles. The minimum atomic E-state index is -0.463. The van der Waals surface area contributed by atoms with Crippen molar-refractivity contribution >= 4 is 0 Å². The summed E-state index contributed by atoms with van der Waals surface area (Å²) in [5, 5.41) is 12.7. The molecule has 0 aliphatic carbocycles. The van der Waals surface area contributed by atoms with Crippen LogP contribution in [0.25, 0.3) is 0 Å². The summed E-state index contributed by atoms with van der Waals surface area (Å²) in [5.41, 5.74) is 1.52. The van der Waals surface area contributed by atoms with Gasteiger partial charge in [-0.25, -0.2) is 4.39 Å². The zero-order chi connectivity index (χ0) is 11.5. The summed E-state index contributed by atoms with van der Waals surface area (Å²) in [6.45, 7) is 3.17. The van der Waals surface area contributed by atoms with Crippen LogP contribution >= 0.6 is 0 Å². The number of benzene rings is 1. The highest BCUT2D eigenvalue weighted by Crippen LogP contribution is 2.10. The van der Waals surface area contributed by atoms with E-state index in [2.05, 4.69) is 5.32 Å². The fourth-order valence-corrected chi connectivity index (χ4v) is 1.73. The maximum absolute atomic E-state index is 13.3. The largest absolute Gasteiger partial charge is 0.389 e. The Morgan fingerprint density at radius 1 is 1.50 bits per heavy atom. The molecule has 0 bridgehead atoms. The van der Waals surface area contributed by atoms with Gasteiger partial charge in [-0.05, 0) is 24.1 Å². The summed E-state index contributed by atoms with van der Waals surface area (Å²) in [6, 6.07) is 5.11. The number of aliphatic hydroxyl groups is 1. The summed E-state index contributed by atoms with van der Waals surface area (Å²) in [6.07, 6.45) is -0.463. The third-order valence-corrected chi connectivity index (χ3v) is 2.86. The van der Waals surface area contributed by atoms with E-state index in [1.54, 1.807) is 13.0 Å². The van der Waals surface area contributed by atoms with Crippen LogP contribution in [0.2, 0.25) is 0 Å². The molecule has 16 heavy (non-hydrogen) atoms. The molecule has 1 heterocycles. The standard InChI is InChI=1S/C12H16FNO2/c1-8-2-3-9(4-10(8)13)5-14-11-6-16-7-12(11)15/h2-4,11-12,14-15H,5-7H2,1H3. The number of halogens is 1. The zero-order valence-electron chi connectivity index (χ0n) is 9.24. The quantitative estimate of drug-likeness (QED) is 0.806. The molecule has 4 heteroatoms. The first-order valence-electron chi connectivity index (χ1n) is 5.41. The maximum Gasteiger partial charge on any atom is 0.126 e. The van der Waals surface area contributed by atoms with Crippen LogP contribution in [0.15, 0.2) is 18.2 Å². The van der Waals surface area contributed by atoms with Gasteiger partial charge >= 0.3 is 0 Å². The highest BCUT2D eigenvalue weighted by molar-refractivity contribution is 5.23. The normalized spacial score (nSPS) is 24.9. The van der Waals surface area contributed by atoms with Crippen LogP contribution in [0.3, 0.4) is 0 Å². The van der Waals surface area contributed by atoms with Crippen molar-refractivity contribution < 1.29 is 14.2 Å². The van der Waals surface area contributed by atoms with Gasteiger partial charge in [0.05, 0.1) is 25.4 Å². The lowest BCUT2D eigenvalue weighted by Gasteiger charge is -2.14. The molecule has 88 valence electrons. The number of nitrogens with one attached hydrogen (secondary N) is 1. The number of aryl methyl sites for hydroxylation is 1. The van der Waals surface area contributed by atoms with E-state index in [-0.39, 0.29) is 11.9 Å². The van der Waals surface area contributed by atoms with Crippen molar-refractivity contribution in [1.82, 2.24) is 5.32 Å². The molecule has 0 radical (unpaired) electrons. The van der Waals surface area contributed by atoms with Crippen LogP contribution in [0.4, 0.5) is 4.39 Å². The molecule has 3 nitrogen and oxygen atoms in total. The monoisotopic (exact) mass is 225 g/mol. The highest BCUT2D eigenvalue weighted by atomic mass is 19.1. The molecular formula is C12H16FNO2. The second-order valence-corrected chi connectivity index (χ2v) is 4.18. The molecule has 0 saturated carbocycles. The fraction of sp³-hybridized carbons (Fsp3) is 0.500. The van der Waals surface area contributed by atoms with Crippen LogP contribution in [-0.2, 0) is 11.3 Å². The van der Waals surface area contributed by atoms with E-state index < -0.39 is 6.10 Å². The first-order valence-corrected chi connectivity index (χ1v) is 5.41. The Kier molecular flexibility index (Phi) is 3.53. The van der Waals surface area contributed by atoms with Crippen molar-refractivity contribution in [3.63, 3.8) is 0 Å². The number of aliphatic hydroxyl groups excluding tert-OH is 1. The van der Waals surface area contributed by atoms with Gasteiger partial charge in [-0.2, -0.15) is 0 Å². The van der Waals surface area contributed by atoms with E-state index in [9.17, 15) is 9.50 Å². The Morgan fingerprint density at radius 3 is 2.94 bits per heavy atom. The summed E-state index contributed by atoms with van der Waals surface area (Å²) in [7, 11) is 0. The third-order valence-electron chi connectivity index (χ3n) is 2.86. The number of ether oxygens (including phenoxy) is 1.